The number of anilines is 1. The maximum Gasteiger partial charge on any atom is 0.223 e. The second kappa shape index (κ2) is 6.68. The summed E-state index contributed by atoms with van der Waals surface area (Å²) in [5, 5.41) is 3.09. The van der Waals surface area contributed by atoms with E-state index in [0.29, 0.717) is 25.5 Å². The summed E-state index contributed by atoms with van der Waals surface area (Å²) in [5.41, 5.74) is 1.02. The lowest BCUT2D eigenvalue weighted by molar-refractivity contribution is -0.128. The Kier molecular flexibility index (Phi) is 4.45. The standard InChI is InChI=1S/C16H18FN5O/c1-2-22-14(23)6-12(15(22)11-4-3-5-18-7-11)8-19-16-20-9-13(17)10-21-16/h3-5,7,9-10,12,15H,2,6,8H2,1H3,(H,19,20,21)/t12-,15-/m0/s1. The van der Waals surface area contributed by atoms with Gasteiger partial charge in [-0.1, -0.05) is 6.07 Å². The van der Waals surface area contributed by atoms with Gasteiger partial charge in [0.2, 0.25) is 11.9 Å². The first-order chi connectivity index (χ1) is 11.2. The van der Waals surface area contributed by atoms with Gasteiger partial charge >= 0.3 is 0 Å². The minimum absolute atomic E-state index is 0.0193. The highest BCUT2D eigenvalue weighted by molar-refractivity contribution is 5.79. The number of likely N-dealkylation sites (tertiary alicyclic amines) is 1. The molecule has 0 unspecified atom stereocenters. The summed E-state index contributed by atoms with van der Waals surface area (Å²) in [6, 6.07) is 3.84. The van der Waals surface area contributed by atoms with Crippen molar-refractivity contribution in [1.29, 1.82) is 0 Å². The van der Waals surface area contributed by atoms with Crippen LogP contribution < -0.4 is 5.32 Å². The molecule has 2 aromatic heterocycles. The second-order valence-electron chi connectivity index (χ2n) is 5.48. The second-order valence-corrected chi connectivity index (χ2v) is 5.48. The molecule has 23 heavy (non-hydrogen) atoms. The van der Waals surface area contributed by atoms with Gasteiger partial charge in [0, 0.05) is 37.8 Å². The molecule has 3 heterocycles. The summed E-state index contributed by atoms with van der Waals surface area (Å²) in [6.45, 7) is 3.16. The lowest BCUT2D eigenvalue weighted by atomic mass is 9.94. The van der Waals surface area contributed by atoms with E-state index in [-0.39, 0.29) is 17.9 Å². The van der Waals surface area contributed by atoms with Gasteiger partial charge in [0.15, 0.2) is 5.82 Å². The zero-order valence-corrected chi connectivity index (χ0v) is 12.8. The summed E-state index contributed by atoms with van der Waals surface area (Å²) in [4.78, 5) is 26.1. The van der Waals surface area contributed by atoms with E-state index in [2.05, 4.69) is 20.3 Å². The molecule has 0 spiro atoms. The summed E-state index contributed by atoms with van der Waals surface area (Å²) < 4.78 is 12.8. The van der Waals surface area contributed by atoms with Crippen molar-refractivity contribution in [3.63, 3.8) is 0 Å². The van der Waals surface area contributed by atoms with Crippen LogP contribution in [0.2, 0.25) is 0 Å². The number of hydrogen-bond donors (Lipinski definition) is 1. The van der Waals surface area contributed by atoms with Crippen LogP contribution in [0, 0.1) is 11.7 Å². The predicted octanol–water partition coefficient (Wildman–Crippen LogP) is 2.03. The zero-order chi connectivity index (χ0) is 16.2. The Morgan fingerprint density at radius 3 is 2.78 bits per heavy atom. The fraction of sp³-hybridized carbons (Fsp3) is 0.375. The molecule has 0 aliphatic carbocycles. The van der Waals surface area contributed by atoms with Crippen molar-refractivity contribution in [2.24, 2.45) is 5.92 Å². The summed E-state index contributed by atoms with van der Waals surface area (Å²) in [7, 11) is 0. The van der Waals surface area contributed by atoms with Crippen LogP contribution in [0.25, 0.3) is 0 Å². The topological polar surface area (TPSA) is 71.0 Å². The number of halogens is 1. The van der Waals surface area contributed by atoms with Crippen molar-refractivity contribution in [3.05, 3.63) is 48.3 Å². The molecule has 1 N–H and O–H groups in total. The van der Waals surface area contributed by atoms with Crippen LogP contribution in [-0.2, 0) is 4.79 Å². The quantitative estimate of drug-likeness (QED) is 0.914. The summed E-state index contributed by atoms with van der Waals surface area (Å²) in [6.07, 6.45) is 6.21. The molecule has 0 aromatic carbocycles. The lowest BCUT2D eigenvalue weighted by Crippen LogP contribution is -2.30. The van der Waals surface area contributed by atoms with Gasteiger partial charge in [-0.3, -0.25) is 9.78 Å². The van der Waals surface area contributed by atoms with Crippen LogP contribution in [0.5, 0.6) is 0 Å². The number of pyridine rings is 1. The van der Waals surface area contributed by atoms with Gasteiger partial charge in [0.25, 0.3) is 0 Å². The molecule has 2 aromatic rings. The number of amides is 1. The van der Waals surface area contributed by atoms with Crippen LogP contribution >= 0.6 is 0 Å². The molecule has 1 amide bonds. The number of carbonyl (C=O) groups is 1. The van der Waals surface area contributed by atoms with Gasteiger partial charge in [-0.15, -0.1) is 0 Å². The molecule has 1 fully saturated rings. The van der Waals surface area contributed by atoms with E-state index < -0.39 is 5.82 Å². The molecule has 1 aliphatic heterocycles. The van der Waals surface area contributed by atoms with Gasteiger partial charge in [-0.05, 0) is 18.6 Å². The van der Waals surface area contributed by atoms with Gasteiger partial charge in [-0.25, -0.2) is 14.4 Å². The summed E-state index contributed by atoms with van der Waals surface area (Å²) in [5.74, 6) is 0.101. The normalized spacial score (nSPS) is 20.8. The van der Waals surface area contributed by atoms with Crippen LogP contribution in [0.15, 0.2) is 36.9 Å². The van der Waals surface area contributed by atoms with Crippen molar-refractivity contribution in [3.8, 4) is 0 Å². The smallest absolute Gasteiger partial charge is 0.223 e. The zero-order valence-electron chi connectivity index (χ0n) is 12.8. The van der Waals surface area contributed by atoms with E-state index in [0.717, 1.165) is 18.0 Å². The Morgan fingerprint density at radius 2 is 2.13 bits per heavy atom. The average Bonchev–Trinajstić information content (AvgIpc) is 2.90. The Hall–Kier alpha value is -2.57. The molecule has 120 valence electrons. The number of aromatic nitrogens is 3. The van der Waals surface area contributed by atoms with E-state index in [9.17, 15) is 9.18 Å². The first-order valence-corrected chi connectivity index (χ1v) is 7.60. The Balaban J connectivity index is 1.76. The molecule has 3 rings (SSSR count). The number of carbonyl (C=O) groups excluding carboxylic acids is 1. The maximum absolute atomic E-state index is 12.8. The number of hydrogen-bond acceptors (Lipinski definition) is 5. The summed E-state index contributed by atoms with van der Waals surface area (Å²) >= 11 is 0. The van der Waals surface area contributed by atoms with E-state index >= 15 is 0 Å². The maximum atomic E-state index is 12.8. The van der Waals surface area contributed by atoms with Crippen molar-refractivity contribution in [2.75, 3.05) is 18.4 Å². The monoisotopic (exact) mass is 315 g/mol. The largest absolute Gasteiger partial charge is 0.354 e. The van der Waals surface area contributed by atoms with E-state index in [1.807, 2.05) is 24.0 Å². The minimum atomic E-state index is -0.475. The third-order valence-electron chi connectivity index (χ3n) is 4.05. The Bertz CT molecular complexity index is 664. The molecular formula is C16H18FN5O. The van der Waals surface area contributed by atoms with Crippen LogP contribution in [-0.4, -0.2) is 38.8 Å². The van der Waals surface area contributed by atoms with Crippen molar-refractivity contribution >= 4 is 11.9 Å². The fourth-order valence-electron chi connectivity index (χ4n) is 3.05. The predicted molar refractivity (Wildman–Crippen MR) is 83.0 cm³/mol. The van der Waals surface area contributed by atoms with Gasteiger partial charge in [-0.2, -0.15) is 0 Å². The third-order valence-corrected chi connectivity index (χ3v) is 4.05. The molecule has 6 nitrogen and oxygen atoms in total. The van der Waals surface area contributed by atoms with Crippen molar-refractivity contribution in [1.82, 2.24) is 19.9 Å². The van der Waals surface area contributed by atoms with Crippen LogP contribution in [0.3, 0.4) is 0 Å². The Labute approximate surface area is 133 Å². The fourth-order valence-corrected chi connectivity index (χ4v) is 3.05. The molecule has 0 radical (unpaired) electrons. The highest BCUT2D eigenvalue weighted by Gasteiger charge is 2.39. The SMILES string of the molecule is CCN1C(=O)C[C@@H](CNc2ncc(F)cn2)[C@@H]1c1cccnc1. The molecular weight excluding hydrogens is 297 g/mol. The molecule has 2 atom stereocenters. The molecule has 0 saturated carbocycles. The lowest BCUT2D eigenvalue weighted by Gasteiger charge is -2.27. The first-order valence-electron chi connectivity index (χ1n) is 7.60. The van der Waals surface area contributed by atoms with Crippen molar-refractivity contribution < 1.29 is 9.18 Å². The number of nitrogens with one attached hydrogen (secondary N) is 1. The van der Waals surface area contributed by atoms with Gasteiger partial charge < -0.3 is 10.2 Å². The van der Waals surface area contributed by atoms with Gasteiger partial charge in [0.05, 0.1) is 18.4 Å². The van der Waals surface area contributed by atoms with Crippen LogP contribution in [0.4, 0.5) is 10.3 Å². The molecule has 1 saturated heterocycles. The van der Waals surface area contributed by atoms with Gasteiger partial charge in [0.1, 0.15) is 0 Å². The van der Waals surface area contributed by atoms with Crippen molar-refractivity contribution in [2.45, 2.75) is 19.4 Å². The molecule has 0 bridgehead atoms. The van der Waals surface area contributed by atoms with E-state index in [4.69, 9.17) is 0 Å². The van der Waals surface area contributed by atoms with E-state index in [1.165, 1.54) is 0 Å². The molecule has 1 aliphatic rings. The number of rotatable bonds is 5. The molecule has 7 heteroatoms. The number of nitrogens with zero attached hydrogens (tertiary/aromatic N) is 4. The first kappa shape index (κ1) is 15.3. The third kappa shape index (κ3) is 3.28. The highest BCUT2D eigenvalue weighted by atomic mass is 19.1. The minimum Gasteiger partial charge on any atom is -0.354 e. The highest BCUT2D eigenvalue weighted by Crippen LogP contribution is 2.37. The van der Waals surface area contributed by atoms with Crippen LogP contribution in [0.1, 0.15) is 24.9 Å². The Morgan fingerprint density at radius 1 is 1.35 bits per heavy atom. The van der Waals surface area contributed by atoms with E-state index in [1.54, 1.807) is 12.4 Å². The average molecular weight is 315 g/mol.